The van der Waals surface area contributed by atoms with Gasteiger partial charge in [-0.05, 0) is 37.3 Å². The molecule has 0 aliphatic heterocycles. The molecule has 1 atom stereocenters. The minimum absolute atomic E-state index is 0.262. The average molecular weight is 248 g/mol. The fourth-order valence-corrected chi connectivity index (χ4v) is 2.32. The van der Waals surface area contributed by atoms with Crippen LogP contribution in [-0.4, -0.2) is 19.6 Å². The monoisotopic (exact) mass is 248 g/mol. The van der Waals surface area contributed by atoms with Gasteiger partial charge in [0.2, 0.25) is 0 Å². The molecule has 2 N–H and O–H groups in total. The highest BCUT2D eigenvalue weighted by molar-refractivity contribution is 5.54. The predicted octanol–water partition coefficient (Wildman–Crippen LogP) is 3.37. The van der Waals surface area contributed by atoms with Crippen molar-refractivity contribution < 1.29 is 0 Å². The fourth-order valence-electron chi connectivity index (χ4n) is 2.32. The van der Waals surface area contributed by atoms with Crippen molar-refractivity contribution in [1.82, 2.24) is 0 Å². The summed E-state index contributed by atoms with van der Waals surface area (Å²) in [5, 5.41) is 0. The van der Waals surface area contributed by atoms with Crippen LogP contribution in [0.1, 0.15) is 38.3 Å². The van der Waals surface area contributed by atoms with Gasteiger partial charge < -0.3 is 10.6 Å². The van der Waals surface area contributed by atoms with Gasteiger partial charge in [-0.2, -0.15) is 0 Å². The van der Waals surface area contributed by atoms with Crippen molar-refractivity contribution in [2.24, 2.45) is 11.7 Å². The number of hydrogen-bond donors (Lipinski definition) is 1. The normalized spacial score (nSPS) is 12.8. The highest BCUT2D eigenvalue weighted by atomic mass is 15.1. The maximum atomic E-state index is 6.11. The van der Waals surface area contributed by atoms with E-state index in [1.807, 2.05) is 0 Å². The molecule has 0 bridgehead atoms. The van der Waals surface area contributed by atoms with Crippen LogP contribution < -0.4 is 10.6 Å². The molecule has 0 amide bonds. The van der Waals surface area contributed by atoms with Gasteiger partial charge in [-0.1, -0.05) is 38.5 Å². The Morgan fingerprint density at radius 2 is 1.94 bits per heavy atom. The van der Waals surface area contributed by atoms with Crippen LogP contribution in [-0.2, 0) is 6.42 Å². The van der Waals surface area contributed by atoms with Crippen LogP contribution in [0.3, 0.4) is 0 Å². The summed E-state index contributed by atoms with van der Waals surface area (Å²) in [7, 11) is 2.17. The molecule has 1 rings (SSSR count). The van der Waals surface area contributed by atoms with E-state index in [-0.39, 0.29) is 6.04 Å². The quantitative estimate of drug-likeness (QED) is 0.836. The summed E-state index contributed by atoms with van der Waals surface area (Å²) in [6.45, 7) is 9.88. The highest BCUT2D eigenvalue weighted by Crippen LogP contribution is 2.23. The Kier molecular flexibility index (Phi) is 5.67. The first kappa shape index (κ1) is 15.0. The number of nitrogens with zero attached hydrogens (tertiary/aromatic N) is 1. The molecule has 0 fully saturated rings. The topological polar surface area (TPSA) is 29.3 Å². The molecule has 1 unspecified atom stereocenters. The SMILES string of the molecule is CCC(N)Cc1cc(C)ccc1N(C)CC(C)C. The summed E-state index contributed by atoms with van der Waals surface area (Å²) in [4.78, 5) is 2.35. The number of rotatable bonds is 6. The molecule has 0 radical (unpaired) electrons. The Morgan fingerprint density at radius 1 is 1.28 bits per heavy atom. The molecule has 2 heteroatoms. The molecule has 1 aromatic rings. The predicted molar refractivity (Wildman–Crippen MR) is 81.3 cm³/mol. The van der Waals surface area contributed by atoms with Crippen LogP contribution >= 0.6 is 0 Å². The standard InChI is InChI=1S/C16H28N2/c1-6-15(17)10-14-9-13(4)7-8-16(14)18(5)11-12(2)3/h7-9,12,15H,6,10-11,17H2,1-5H3. The van der Waals surface area contributed by atoms with Crippen LogP contribution in [0.15, 0.2) is 18.2 Å². The summed E-state index contributed by atoms with van der Waals surface area (Å²) >= 11 is 0. The lowest BCUT2D eigenvalue weighted by molar-refractivity contribution is 0.626. The van der Waals surface area contributed by atoms with E-state index in [2.05, 4.69) is 57.8 Å². The molecule has 0 heterocycles. The van der Waals surface area contributed by atoms with Crippen molar-refractivity contribution >= 4 is 5.69 Å². The van der Waals surface area contributed by atoms with Crippen molar-refractivity contribution in [3.05, 3.63) is 29.3 Å². The van der Waals surface area contributed by atoms with E-state index in [0.29, 0.717) is 5.92 Å². The van der Waals surface area contributed by atoms with Gasteiger partial charge in [0.25, 0.3) is 0 Å². The Bertz CT molecular complexity index is 371. The second-order valence-electron chi connectivity index (χ2n) is 5.78. The van der Waals surface area contributed by atoms with Crippen molar-refractivity contribution in [2.45, 2.75) is 46.6 Å². The van der Waals surface area contributed by atoms with Gasteiger partial charge in [0.1, 0.15) is 0 Å². The second-order valence-corrected chi connectivity index (χ2v) is 5.78. The summed E-state index contributed by atoms with van der Waals surface area (Å²) in [6.07, 6.45) is 2.00. The smallest absolute Gasteiger partial charge is 0.0397 e. The average Bonchev–Trinajstić information content (AvgIpc) is 2.27. The molecule has 0 saturated carbocycles. The van der Waals surface area contributed by atoms with Gasteiger partial charge in [-0.3, -0.25) is 0 Å². The van der Waals surface area contributed by atoms with Crippen molar-refractivity contribution in [1.29, 1.82) is 0 Å². The molecule has 102 valence electrons. The number of aryl methyl sites for hydroxylation is 1. The third-order valence-electron chi connectivity index (χ3n) is 3.29. The summed E-state index contributed by atoms with van der Waals surface area (Å²) in [5.74, 6) is 0.670. The lowest BCUT2D eigenvalue weighted by Crippen LogP contribution is -2.26. The van der Waals surface area contributed by atoms with Crippen LogP contribution in [0.4, 0.5) is 5.69 Å². The van der Waals surface area contributed by atoms with Gasteiger partial charge in [-0.15, -0.1) is 0 Å². The third-order valence-corrected chi connectivity index (χ3v) is 3.29. The first-order chi connectivity index (χ1) is 8.43. The molecule has 0 saturated heterocycles. The molecule has 2 nitrogen and oxygen atoms in total. The lowest BCUT2D eigenvalue weighted by Gasteiger charge is -2.25. The molecule has 18 heavy (non-hydrogen) atoms. The first-order valence-corrected chi connectivity index (χ1v) is 7.00. The van der Waals surface area contributed by atoms with Crippen LogP contribution in [0, 0.1) is 12.8 Å². The zero-order valence-corrected chi connectivity index (χ0v) is 12.5. The maximum absolute atomic E-state index is 6.11. The van der Waals surface area contributed by atoms with E-state index in [1.165, 1.54) is 16.8 Å². The van der Waals surface area contributed by atoms with Gasteiger partial charge in [0.05, 0.1) is 0 Å². The molecule has 0 aliphatic carbocycles. The minimum atomic E-state index is 0.262. The van der Waals surface area contributed by atoms with Gasteiger partial charge in [0, 0.05) is 25.3 Å². The molecule has 0 spiro atoms. The highest BCUT2D eigenvalue weighted by Gasteiger charge is 2.11. The van der Waals surface area contributed by atoms with Crippen molar-refractivity contribution in [3.63, 3.8) is 0 Å². The van der Waals surface area contributed by atoms with Crippen LogP contribution in [0.25, 0.3) is 0 Å². The molecule has 0 aliphatic rings. The third kappa shape index (κ3) is 4.34. The summed E-state index contributed by atoms with van der Waals surface area (Å²) < 4.78 is 0. The molecule has 1 aromatic carbocycles. The number of hydrogen-bond acceptors (Lipinski definition) is 2. The van der Waals surface area contributed by atoms with E-state index >= 15 is 0 Å². The van der Waals surface area contributed by atoms with E-state index in [1.54, 1.807) is 0 Å². The Hall–Kier alpha value is -1.02. The molecular formula is C16H28N2. The van der Waals surface area contributed by atoms with E-state index in [9.17, 15) is 0 Å². The minimum Gasteiger partial charge on any atom is -0.374 e. The number of benzene rings is 1. The fraction of sp³-hybridized carbons (Fsp3) is 0.625. The van der Waals surface area contributed by atoms with Crippen molar-refractivity contribution in [2.75, 3.05) is 18.5 Å². The zero-order valence-electron chi connectivity index (χ0n) is 12.5. The number of anilines is 1. The lowest BCUT2D eigenvalue weighted by atomic mass is 10.00. The largest absolute Gasteiger partial charge is 0.374 e. The van der Waals surface area contributed by atoms with E-state index < -0.39 is 0 Å². The first-order valence-electron chi connectivity index (χ1n) is 7.00. The molecular weight excluding hydrogens is 220 g/mol. The summed E-state index contributed by atoms with van der Waals surface area (Å²) in [5.41, 5.74) is 10.1. The second kappa shape index (κ2) is 6.79. The summed E-state index contributed by atoms with van der Waals surface area (Å²) in [6, 6.07) is 6.96. The van der Waals surface area contributed by atoms with Crippen LogP contribution in [0.5, 0.6) is 0 Å². The van der Waals surface area contributed by atoms with Gasteiger partial charge >= 0.3 is 0 Å². The van der Waals surface area contributed by atoms with Gasteiger partial charge in [-0.25, -0.2) is 0 Å². The Balaban J connectivity index is 2.95. The Morgan fingerprint density at radius 3 is 2.50 bits per heavy atom. The van der Waals surface area contributed by atoms with E-state index in [4.69, 9.17) is 5.73 Å². The zero-order chi connectivity index (χ0) is 13.7. The Labute approximate surface area is 112 Å². The van der Waals surface area contributed by atoms with Crippen LogP contribution in [0.2, 0.25) is 0 Å². The van der Waals surface area contributed by atoms with Gasteiger partial charge in [0.15, 0.2) is 0 Å². The molecule has 0 aromatic heterocycles. The maximum Gasteiger partial charge on any atom is 0.0397 e. The van der Waals surface area contributed by atoms with E-state index in [0.717, 1.165) is 19.4 Å². The van der Waals surface area contributed by atoms with Crippen molar-refractivity contribution in [3.8, 4) is 0 Å². The number of nitrogens with two attached hydrogens (primary N) is 1.